The van der Waals surface area contributed by atoms with Gasteiger partial charge in [0.25, 0.3) is 0 Å². The van der Waals surface area contributed by atoms with Crippen LogP contribution in [0.2, 0.25) is 0 Å². The van der Waals surface area contributed by atoms with Crippen LogP contribution in [0.1, 0.15) is 32.6 Å². The molecule has 1 unspecified atom stereocenters. The van der Waals surface area contributed by atoms with Crippen LogP contribution in [0.3, 0.4) is 0 Å². The minimum absolute atomic E-state index is 0.127. The summed E-state index contributed by atoms with van der Waals surface area (Å²) in [5.41, 5.74) is 0. The Labute approximate surface area is 104 Å². The van der Waals surface area contributed by atoms with Crippen molar-refractivity contribution in [1.82, 2.24) is 15.5 Å². The molecule has 0 aromatic heterocycles. The summed E-state index contributed by atoms with van der Waals surface area (Å²) in [6, 6.07) is 1.20. The number of likely N-dealkylation sites (N-methyl/N-ethyl adjacent to an activating group) is 1. The molecule has 1 amide bonds. The van der Waals surface area contributed by atoms with E-state index < -0.39 is 0 Å². The zero-order chi connectivity index (χ0) is 12.3. The molecule has 4 nitrogen and oxygen atoms in total. The van der Waals surface area contributed by atoms with Gasteiger partial charge in [-0.15, -0.1) is 0 Å². The fraction of sp³-hybridized carbons (Fsp3) is 0.923. The van der Waals surface area contributed by atoms with Crippen molar-refractivity contribution in [1.29, 1.82) is 0 Å². The van der Waals surface area contributed by atoms with Crippen LogP contribution in [0.15, 0.2) is 0 Å². The quantitative estimate of drug-likeness (QED) is 0.651. The number of hydrogen-bond donors (Lipinski definition) is 2. The molecule has 0 aliphatic heterocycles. The first kappa shape index (κ1) is 12.8. The molecule has 2 aliphatic rings. The van der Waals surface area contributed by atoms with E-state index in [2.05, 4.69) is 29.5 Å². The summed E-state index contributed by atoms with van der Waals surface area (Å²) in [6.45, 7) is 4.41. The molecule has 2 fully saturated rings. The highest BCUT2D eigenvalue weighted by molar-refractivity contribution is 5.77. The third-order valence-electron chi connectivity index (χ3n) is 3.83. The lowest BCUT2D eigenvalue weighted by atomic mass is 10.3. The monoisotopic (exact) mass is 239 g/mol. The van der Waals surface area contributed by atoms with E-state index in [9.17, 15) is 4.79 Å². The standard InChI is InChI=1S/C13H25N3O/c1-10(16(2)12-5-6-12)7-15-13(17)9-14-8-11-3-4-11/h10-12,14H,3-9H2,1-2H3,(H,15,17). The molecular weight excluding hydrogens is 214 g/mol. The average molecular weight is 239 g/mol. The average Bonchev–Trinajstić information content (AvgIpc) is 3.16. The molecule has 0 heterocycles. The Morgan fingerprint density at radius 3 is 2.65 bits per heavy atom. The Morgan fingerprint density at radius 2 is 2.06 bits per heavy atom. The van der Waals surface area contributed by atoms with Crippen LogP contribution in [0.5, 0.6) is 0 Å². The molecule has 0 radical (unpaired) electrons. The van der Waals surface area contributed by atoms with Gasteiger partial charge in [-0.2, -0.15) is 0 Å². The molecule has 2 rings (SSSR count). The van der Waals surface area contributed by atoms with Crippen LogP contribution in [0, 0.1) is 5.92 Å². The van der Waals surface area contributed by atoms with Crippen LogP contribution in [-0.2, 0) is 4.79 Å². The summed E-state index contributed by atoms with van der Waals surface area (Å²) in [4.78, 5) is 13.9. The third-order valence-corrected chi connectivity index (χ3v) is 3.83. The molecule has 0 saturated heterocycles. The van der Waals surface area contributed by atoms with Gasteiger partial charge in [0.2, 0.25) is 5.91 Å². The van der Waals surface area contributed by atoms with Crippen molar-refractivity contribution in [3.8, 4) is 0 Å². The topological polar surface area (TPSA) is 44.4 Å². The summed E-state index contributed by atoms with van der Waals surface area (Å²) in [6.07, 6.45) is 5.30. The Bertz CT molecular complexity index is 261. The van der Waals surface area contributed by atoms with Crippen LogP contribution in [-0.4, -0.2) is 49.6 Å². The van der Waals surface area contributed by atoms with E-state index in [0.717, 1.165) is 25.0 Å². The van der Waals surface area contributed by atoms with Crippen LogP contribution in [0.4, 0.5) is 0 Å². The molecule has 98 valence electrons. The van der Waals surface area contributed by atoms with Gasteiger partial charge in [-0.25, -0.2) is 0 Å². The molecule has 2 aliphatic carbocycles. The van der Waals surface area contributed by atoms with Gasteiger partial charge in [-0.1, -0.05) is 0 Å². The number of carbonyl (C=O) groups excluding carboxylic acids is 1. The second kappa shape index (κ2) is 5.83. The van der Waals surface area contributed by atoms with E-state index >= 15 is 0 Å². The molecule has 1 atom stereocenters. The molecule has 2 N–H and O–H groups in total. The number of nitrogens with one attached hydrogen (secondary N) is 2. The van der Waals surface area contributed by atoms with Crippen molar-refractivity contribution in [3.05, 3.63) is 0 Å². The van der Waals surface area contributed by atoms with Crippen molar-refractivity contribution in [2.75, 3.05) is 26.7 Å². The molecule has 0 bridgehead atoms. The van der Waals surface area contributed by atoms with Crippen molar-refractivity contribution < 1.29 is 4.79 Å². The van der Waals surface area contributed by atoms with Gasteiger partial charge in [0.15, 0.2) is 0 Å². The lowest BCUT2D eigenvalue weighted by Crippen LogP contribution is -2.43. The fourth-order valence-corrected chi connectivity index (χ4v) is 2.02. The first-order valence-corrected chi connectivity index (χ1v) is 6.86. The smallest absolute Gasteiger partial charge is 0.234 e. The van der Waals surface area contributed by atoms with E-state index in [1.54, 1.807) is 0 Å². The van der Waals surface area contributed by atoms with Crippen molar-refractivity contribution in [2.45, 2.75) is 44.7 Å². The second-order valence-corrected chi connectivity index (χ2v) is 5.62. The van der Waals surface area contributed by atoms with Gasteiger partial charge in [-0.05, 0) is 52.1 Å². The largest absolute Gasteiger partial charge is 0.353 e. The summed E-state index contributed by atoms with van der Waals surface area (Å²) < 4.78 is 0. The van der Waals surface area contributed by atoms with Crippen molar-refractivity contribution >= 4 is 5.91 Å². The van der Waals surface area contributed by atoms with Gasteiger partial charge in [0.05, 0.1) is 6.54 Å². The van der Waals surface area contributed by atoms with Gasteiger partial charge >= 0.3 is 0 Å². The molecule has 0 spiro atoms. The molecule has 0 aromatic carbocycles. The highest BCUT2D eigenvalue weighted by Crippen LogP contribution is 2.27. The van der Waals surface area contributed by atoms with E-state index in [-0.39, 0.29) is 5.91 Å². The normalized spacial score (nSPS) is 21.6. The maximum atomic E-state index is 11.6. The van der Waals surface area contributed by atoms with Gasteiger partial charge in [-0.3, -0.25) is 9.69 Å². The van der Waals surface area contributed by atoms with E-state index in [1.165, 1.54) is 25.7 Å². The molecule has 4 heteroatoms. The van der Waals surface area contributed by atoms with Crippen LogP contribution >= 0.6 is 0 Å². The maximum Gasteiger partial charge on any atom is 0.234 e. The zero-order valence-electron chi connectivity index (χ0n) is 11.0. The SMILES string of the molecule is CC(CNC(=O)CNCC1CC1)N(C)C1CC1. The zero-order valence-corrected chi connectivity index (χ0v) is 11.0. The van der Waals surface area contributed by atoms with Crippen LogP contribution < -0.4 is 10.6 Å². The van der Waals surface area contributed by atoms with Crippen LogP contribution in [0.25, 0.3) is 0 Å². The number of amides is 1. The predicted molar refractivity (Wildman–Crippen MR) is 68.9 cm³/mol. The molecular formula is C13H25N3O. The first-order valence-electron chi connectivity index (χ1n) is 6.86. The van der Waals surface area contributed by atoms with Gasteiger partial charge < -0.3 is 10.6 Å². The minimum atomic E-state index is 0.127. The summed E-state index contributed by atoms with van der Waals surface area (Å²) >= 11 is 0. The Kier molecular flexibility index (Phi) is 4.40. The summed E-state index contributed by atoms with van der Waals surface area (Å²) in [5, 5.41) is 6.21. The van der Waals surface area contributed by atoms with Gasteiger partial charge in [0, 0.05) is 18.6 Å². The predicted octanol–water partition coefficient (Wildman–Crippen LogP) is 0.585. The van der Waals surface area contributed by atoms with Crippen molar-refractivity contribution in [2.24, 2.45) is 5.92 Å². The van der Waals surface area contributed by atoms with E-state index in [0.29, 0.717) is 12.6 Å². The summed E-state index contributed by atoms with van der Waals surface area (Å²) in [5.74, 6) is 0.962. The fourth-order valence-electron chi connectivity index (χ4n) is 2.02. The van der Waals surface area contributed by atoms with Gasteiger partial charge in [0.1, 0.15) is 0 Å². The second-order valence-electron chi connectivity index (χ2n) is 5.62. The van der Waals surface area contributed by atoms with E-state index in [1.807, 2.05) is 0 Å². The Morgan fingerprint density at radius 1 is 1.35 bits per heavy atom. The lowest BCUT2D eigenvalue weighted by Gasteiger charge is -2.24. The minimum Gasteiger partial charge on any atom is -0.353 e. The van der Waals surface area contributed by atoms with E-state index in [4.69, 9.17) is 0 Å². The molecule has 2 saturated carbocycles. The highest BCUT2D eigenvalue weighted by Gasteiger charge is 2.29. The summed E-state index contributed by atoms with van der Waals surface area (Å²) in [7, 11) is 2.15. The highest BCUT2D eigenvalue weighted by atomic mass is 16.1. The number of carbonyl (C=O) groups is 1. The maximum absolute atomic E-state index is 11.6. The third kappa shape index (κ3) is 4.64. The van der Waals surface area contributed by atoms with Crippen molar-refractivity contribution in [3.63, 3.8) is 0 Å². The number of hydrogen-bond acceptors (Lipinski definition) is 3. The number of rotatable bonds is 8. The number of nitrogens with zero attached hydrogens (tertiary/aromatic N) is 1. The first-order chi connectivity index (χ1) is 8.16. The molecule has 0 aromatic rings. The lowest BCUT2D eigenvalue weighted by molar-refractivity contribution is -0.120. The Balaban J connectivity index is 1.51. The Hall–Kier alpha value is -0.610. The molecule has 17 heavy (non-hydrogen) atoms.